The summed E-state index contributed by atoms with van der Waals surface area (Å²) >= 11 is 46.7. The summed E-state index contributed by atoms with van der Waals surface area (Å²) in [6, 6.07) is 15.4. The molecule has 0 bridgehead atoms. The molecule has 4 N–H and O–H groups in total. The van der Waals surface area contributed by atoms with E-state index in [1.807, 2.05) is 0 Å². The van der Waals surface area contributed by atoms with E-state index in [-0.39, 0.29) is 70.7 Å². The molecule has 0 radical (unpaired) electrons. The van der Waals surface area contributed by atoms with Crippen molar-refractivity contribution in [3.05, 3.63) is 112 Å². The molecule has 4 nitrogen and oxygen atoms in total. The summed E-state index contributed by atoms with van der Waals surface area (Å²) in [5.41, 5.74) is 0.425. The van der Waals surface area contributed by atoms with Gasteiger partial charge in [0.2, 0.25) is 0 Å². The minimum absolute atomic E-state index is 0.0307. The van der Waals surface area contributed by atoms with Crippen LogP contribution in [0.25, 0.3) is 0 Å². The van der Waals surface area contributed by atoms with E-state index in [9.17, 15) is 10.2 Å². The van der Waals surface area contributed by atoms with Crippen molar-refractivity contribution in [3.63, 3.8) is 0 Å². The fourth-order valence-corrected chi connectivity index (χ4v) is 4.33. The Bertz CT molecular complexity index is 1160. The van der Waals surface area contributed by atoms with Crippen LogP contribution in [-0.2, 0) is 6.42 Å². The monoisotopic (exact) mass is 660 g/mol. The summed E-state index contributed by atoms with van der Waals surface area (Å²) < 4.78 is 0. The van der Waals surface area contributed by atoms with E-state index in [4.69, 9.17) is 103 Å². The molecule has 0 amide bonds. The standard InChI is InChI=1S/C13H6Cl6O2.2C6H5ClO/c14-6-2-8(16)12(20)4(10(6)18)1-5-11(19)7(15)3-9(17)13(5)21;2*7-5-1-3-6(8)4-2-5/h2-3,20-21H,1H2;2*1-4,8H. The number of hydrogen-bond acceptors (Lipinski definition) is 4. The lowest BCUT2D eigenvalue weighted by Crippen LogP contribution is -1.95. The molecule has 0 fully saturated rings. The number of phenols is 4. The van der Waals surface area contributed by atoms with Gasteiger partial charge in [0.1, 0.15) is 23.0 Å². The average molecular weight is 664 g/mol. The van der Waals surface area contributed by atoms with E-state index >= 15 is 0 Å². The van der Waals surface area contributed by atoms with Crippen LogP contribution in [0.1, 0.15) is 11.1 Å². The van der Waals surface area contributed by atoms with Gasteiger partial charge in [0.05, 0.1) is 30.1 Å². The fourth-order valence-electron chi connectivity index (χ4n) is 2.65. The third kappa shape index (κ3) is 9.27. The number of rotatable bonds is 2. The number of aromatic hydroxyl groups is 4. The van der Waals surface area contributed by atoms with E-state index in [1.54, 1.807) is 48.5 Å². The second-order valence-corrected chi connectivity index (χ2v) is 10.3. The van der Waals surface area contributed by atoms with E-state index < -0.39 is 0 Å². The molecule has 0 spiro atoms. The van der Waals surface area contributed by atoms with E-state index in [1.165, 1.54) is 12.1 Å². The predicted octanol–water partition coefficient (Wildman–Crippen LogP) is 10.7. The first-order valence-corrected chi connectivity index (χ1v) is 12.9. The molecule has 37 heavy (non-hydrogen) atoms. The Morgan fingerprint density at radius 3 is 1.00 bits per heavy atom. The second-order valence-electron chi connectivity index (χ2n) is 7.09. The molecule has 196 valence electrons. The summed E-state index contributed by atoms with van der Waals surface area (Å²) in [5.74, 6) is -0.0148. The minimum atomic E-state index is -0.252. The molecule has 0 saturated heterocycles. The van der Waals surface area contributed by atoms with Gasteiger partial charge in [0.25, 0.3) is 0 Å². The maximum atomic E-state index is 10.0. The largest absolute Gasteiger partial charge is 0.508 e. The van der Waals surface area contributed by atoms with Gasteiger partial charge in [-0.2, -0.15) is 0 Å². The maximum Gasteiger partial charge on any atom is 0.139 e. The van der Waals surface area contributed by atoms with Crippen molar-refractivity contribution in [1.82, 2.24) is 0 Å². The van der Waals surface area contributed by atoms with Crippen molar-refractivity contribution in [1.29, 1.82) is 0 Å². The van der Waals surface area contributed by atoms with Crippen molar-refractivity contribution >= 4 is 92.8 Å². The Kier molecular flexibility index (Phi) is 12.4. The lowest BCUT2D eigenvalue weighted by atomic mass is 10.0. The molecule has 4 aromatic rings. The Balaban J connectivity index is 0.000000244. The third-order valence-corrected chi connectivity index (χ3v) is 7.22. The van der Waals surface area contributed by atoms with Crippen LogP contribution in [-0.4, -0.2) is 20.4 Å². The highest BCUT2D eigenvalue weighted by Gasteiger charge is 2.21. The molecule has 0 aromatic heterocycles. The Morgan fingerprint density at radius 2 is 0.730 bits per heavy atom. The summed E-state index contributed by atoms with van der Waals surface area (Å²) in [4.78, 5) is 0. The molecule has 0 heterocycles. The minimum Gasteiger partial charge on any atom is -0.508 e. The zero-order valence-electron chi connectivity index (χ0n) is 18.3. The number of phenolic OH excluding ortho intramolecular Hbond substituents is 4. The van der Waals surface area contributed by atoms with Crippen LogP contribution in [0.3, 0.4) is 0 Å². The van der Waals surface area contributed by atoms with Crippen molar-refractivity contribution in [3.8, 4) is 23.0 Å². The quantitative estimate of drug-likeness (QED) is 0.161. The number of halogens is 8. The van der Waals surface area contributed by atoms with Gasteiger partial charge < -0.3 is 20.4 Å². The maximum absolute atomic E-state index is 10.0. The van der Waals surface area contributed by atoms with E-state index in [0.717, 1.165) is 0 Å². The Morgan fingerprint density at radius 1 is 0.432 bits per heavy atom. The van der Waals surface area contributed by atoms with Crippen LogP contribution < -0.4 is 0 Å². The SMILES string of the molecule is Oc1c(Cl)cc(Cl)c(Cl)c1Cc1c(O)c(Cl)cc(Cl)c1Cl.Oc1ccc(Cl)cc1.Oc1ccc(Cl)cc1. The highest BCUT2D eigenvalue weighted by Crippen LogP contribution is 2.44. The lowest BCUT2D eigenvalue weighted by Gasteiger charge is -2.14. The molecule has 0 aliphatic heterocycles. The van der Waals surface area contributed by atoms with E-state index in [2.05, 4.69) is 0 Å². The zero-order chi connectivity index (χ0) is 27.9. The highest BCUT2D eigenvalue weighted by molar-refractivity contribution is 6.45. The Hall–Kier alpha value is -1.60. The molecular weight excluding hydrogens is 648 g/mol. The molecule has 0 aliphatic rings. The van der Waals surface area contributed by atoms with Crippen molar-refractivity contribution in [2.24, 2.45) is 0 Å². The van der Waals surface area contributed by atoms with Crippen LogP contribution in [0.2, 0.25) is 40.2 Å². The van der Waals surface area contributed by atoms with E-state index in [0.29, 0.717) is 10.0 Å². The fraction of sp³-hybridized carbons (Fsp3) is 0.0400. The second kappa shape index (κ2) is 14.5. The molecule has 0 aliphatic carbocycles. The highest BCUT2D eigenvalue weighted by atomic mass is 35.5. The molecule has 0 unspecified atom stereocenters. The van der Waals surface area contributed by atoms with Crippen molar-refractivity contribution in [2.75, 3.05) is 0 Å². The van der Waals surface area contributed by atoms with Crippen LogP contribution in [0.4, 0.5) is 0 Å². The summed E-state index contributed by atoms with van der Waals surface area (Å²) in [6.45, 7) is 0. The molecular formula is C25H16Cl8O4. The number of hydrogen-bond donors (Lipinski definition) is 4. The normalized spacial score (nSPS) is 10.2. The van der Waals surface area contributed by atoms with Gasteiger partial charge in [-0.1, -0.05) is 92.8 Å². The summed E-state index contributed by atoms with van der Waals surface area (Å²) in [5, 5.41) is 39.3. The third-order valence-electron chi connectivity index (χ3n) is 4.49. The molecule has 0 atom stereocenters. The first-order chi connectivity index (χ1) is 17.3. The van der Waals surface area contributed by atoms with Gasteiger partial charge in [-0.05, 0) is 60.7 Å². The number of benzene rings is 4. The van der Waals surface area contributed by atoms with Gasteiger partial charge >= 0.3 is 0 Å². The van der Waals surface area contributed by atoms with Gasteiger partial charge in [0.15, 0.2) is 0 Å². The van der Waals surface area contributed by atoms with Gasteiger partial charge in [0, 0.05) is 27.6 Å². The molecule has 4 aromatic carbocycles. The summed E-state index contributed by atoms with van der Waals surface area (Å²) in [6.07, 6.45) is -0.0457. The van der Waals surface area contributed by atoms with Crippen LogP contribution in [0.15, 0.2) is 60.7 Å². The van der Waals surface area contributed by atoms with Crippen LogP contribution in [0, 0.1) is 0 Å². The first-order valence-electron chi connectivity index (χ1n) is 9.91. The topological polar surface area (TPSA) is 80.9 Å². The Labute approximate surface area is 253 Å². The lowest BCUT2D eigenvalue weighted by molar-refractivity contribution is 0.463. The van der Waals surface area contributed by atoms with Crippen LogP contribution in [0.5, 0.6) is 23.0 Å². The first kappa shape index (κ1) is 31.6. The smallest absolute Gasteiger partial charge is 0.139 e. The van der Waals surface area contributed by atoms with Gasteiger partial charge in [-0.25, -0.2) is 0 Å². The van der Waals surface area contributed by atoms with Crippen molar-refractivity contribution < 1.29 is 20.4 Å². The molecule has 4 rings (SSSR count). The molecule has 12 heteroatoms. The van der Waals surface area contributed by atoms with Gasteiger partial charge in [-0.15, -0.1) is 0 Å². The molecule has 0 saturated carbocycles. The van der Waals surface area contributed by atoms with Crippen molar-refractivity contribution in [2.45, 2.75) is 6.42 Å². The summed E-state index contributed by atoms with van der Waals surface area (Å²) in [7, 11) is 0. The van der Waals surface area contributed by atoms with Crippen LogP contribution >= 0.6 is 92.8 Å². The average Bonchev–Trinajstić information content (AvgIpc) is 2.85. The van der Waals surface area contributed by atoms with Gasteiger partial charge in [-0.3, -0.25) is 0 Å². The zero-order valence-corrected chi connectivity index (χ0v) is 24.3. The predicted molar refractivity (Wildman–Crippen MR) is 155 cm³/mol.